The molecule has 182 valence electrons. The lowest BCUT2D eigenvalue weighted by atomic mass is 10.1. The molecule has 0 aliphatic heterocycles. The lowest BCUT2D eigenvalue weighted by Gasteiger charge is -2.17. The lowest BCUT2D eigenvalue weighted by Crippen LogP contribution is -2.30. The van der Waals surface area contributed by atoms with Crippen LogP contribution in [0, 0.1) is 0 Å². The van der Waals surface area contributed by atoms with Gasteiger partial charge in [0.05, 0.1) is 19.5 Å². The van der Waals surface area contributed by atoms with Crippen molar-refractivity contribution in [2.24, 2.45) is 0 Å². The molecule has 3 N–H and O–H groups in total. The number of ether oxygens (including phenoxy) is 1. The van der Waals surface area contributed by atoms with Gasteiger partial charge in [0.25, 0.3) is 5.91 Å². The zero-order valence-corrected chi connectivity index (χ0v) is 20.4. The number of nitrogens with one attached hydrogen (secondary N) is 3. The fraction of sp³-hybridized carbons (Fsp3) is 0.185. The summed E-state index contributed by atoms with van der Waals surface area (Å²) in [5.41, 5.74) is 5.19. The standard InChI is InChI=1S/C27H27N7O2/c1-4-34(5-2)27(35)23-12-18-6-7-19(13-22(18)32-23)25-28-16-24(36-3)26(33-25)31-21-10-8-17(9-11-21)20-14-29-30-15-20/h6-16,32H,4-5H2,1-3H3,(H,29,30)(H,28,31,33). The number of fused-ring (bicyclic) bond motifs is 1. The number of methoxy groups -OCH3 is 1. The van der Waals surface area contributed by atoms with Crippen LogP contribution in [0.3, 0.4) is 0 Å². The van der Waals surface area contributed by atoms with E-state index >= 15 is 0 Å². The highest BCUT2D eigenvalue weighted by atomic mass is 16.5. The Bertz CT molecular complexity index is 1490. The maximum atomic E-state index is 12.8. The van der Waals surface area contributed by atoms with Crippen LogP contribution in [0.25, 0.3) is 33.4 Å². The number of aromatic nitrogens is 5. The molecule has 5 aromatic rings. The van der Waals surface area contributed by atoms with Gasteiger partial charge in [-0.1, -0.05) is 24.3 Å². The van der Waals surface area contributed by atoms with Crippen molar-refractivity contribution in [1.82, 2.24) is 30.0 Å². The van der Waals surface area contributed by atoms with Crippen LogP contribution >= 0.6 is 0 Å². The topological polar surface area (TPSA) is 112 Å². The summed E-state index contributed by atoms with van der Waals surface area (Å²) in [5.74, 6) is 1.62. The Morgan fingerprint density at radius 1 is 1.00 bits per heavy atom. The van der Waals surface area contributed by atoms with Crippen LogP contribution in [0.1, 0.15) is 24.3 Å². The average molecular weight is 482 g/mol. The number of hydrogen-bond donors (Lipinski definition) is 3. The fourth-order valence-electron chi connectivity index (χ4n) is 4.10. The molecule has 9 heteroatoms. The quantitative estimate of drug-likeness (QED) is 0.279. The van der Waals surface area contributed by atoms with Crippen LogP contribution in [0.5, 0.6) is 5.75 Å². The minimum Gasteiger partial charge on any atom is -0.491 e. The fourth-order valence-corrected chi connectivity index (χ4v) is 4.10. The van der Waals surface area contributed by atoms with Crippen molar-refractivity contribution in [1.29, 1.82) is 0 Å². The molecule has 0 atom stereocenters. The zero-order valence-electron chi connectivity index (χ0n) is 20.4. The van der Waals surface area contributed by atoms with Gasteiger partial charge in [-0.05, 0) is 43.7 Å². The summed E-state index contributed by atoms with van der Waals surface area (Å²) in [6.45, 7) is 5.28. The Hall–Kier alpha value is -4.66. The Morgan fingerprint density at radius 2 is 1.78 bits per heavy atom. The number of carbonyl (C=O) groups is 1. The summed E-state index contributed by atoms with van der Waals surface area (Å²) in [6, 6.07) is 15.7. The second kappa shape index (κ2) is 9.91. The molecule has 3 aromatic heterocycles. The highest BCUT2D eigenvalue weighted by Crippen LogP contribution is 2.30. The molecule has 0 aliphatic rings. The molecule has 2 aromatic carbocycles. The normalized spacial score (nSPS) is 11.0. The molecule has 0 radical (unpaired) electrons. The van der Waals surface area contributed by atoms with Crippen LogP contribution < -0.4 is 10.1 Å². The number of rotatable bonds is 8. The maximum Gasteiger partial charge on any atom is 0.270 e. The van der Waals surface area contributed by atoms with E-state index in [4.69, 9.17) is 9.72 Å². The predicted octanol–water partition coefficient (Wildman–Crippen LogP) is 5.25. The van der Waals surface area contributed by atoms with Crippen molar-refractivity contribution >= 4 is 28.3 Å². The first-order valence-electron chi connectivity index (χ1n) is 11.8. The van der Waals surface area contributed by atoms with Crippen molar-refractivity contribution in [3.05, 3.63) is 72.8 Å². The molecule has 0 fully saturated rings. The second-order valence-corrected chi connectivity index (χ2v) is 8.26. The zero-order chi connectivity index (χ0) is 25.1. The van der Waals surface area contributed by atoms with Crippen LogP contribution in [-0.4, -0.2) is 56.2 Å². The van der Waals surface area contributed by atoms with Gasteiger partial charge in [-0.2, -0.15) is 5.10 Å². The highest BCUT2D eigenvalue weighted by Gasteiger charge is 2.16. The first-order chi connectivity index (χ1) is 17.6. The molecular formula is C27H27N7O2. The summed E-state index contributed by atoms with van der Waals surface area (Å²) in [6.07, 6.45) is 5.29. The summed E-state index contributed by atoms with van der Waals surface area (Å²) < 4.78 is 5.49. The molecule has 0 aliphatic carbocycles. The number of anilines is 2. The number of aromatic amines is 2. The van der Waals surface area contributed by atoms with Gasteiger partial charge in [-0.25, -0.2) is 9.97 Å². The minimum absolute atomic E-state index is 0.0104. The van der Waals surface area contributed by atoms with Crippen molar-refractivity contribution in [2.45, 2.75) is 13.8 Å². The number of nitrogens with zero attached hydrogens (tertiary/aromatic N) is 4. The molecule has 9 nitrogen and oxygen atoms in total. The number of carbonyl (C=O) groups excluding carboxylic acids is 1. The molecule has 36 heavy (non-hydrogen) atoms. The average Bonchev–Trinajstić information content (AvgIpc) is 3.60. The Balaban J connectivity index is 1.43. The third-order valence-corrected chi connectivity index (χ3v) is 6.12. The van der Waals surface area contributed by atoms with Gasteiger partial charge in [-0.15, -0.1) is 0 Å². The number of hydrogen-bond acceptors (Lipinski definition) is 6. The van der Waals surface area contributed by atoms with Crippen LogP contribution in [0.15, 0.2) is 67.1 Å². The van der Waals surface area contributed by atoms with Gasteiger partial charge in [0.15, 0.2) is 17.4 Å². The molecule has 5 rings (SSSR count). The maximum absolute atomic E-state index is 12.8. The van der Waals surface area contributed by atoms with E-state index in [0.29, 0.717) is 36.2 Å². The van der Waals surface area contributed by atoms with E-state index in [9.17, 15) is 4.79 Å². The van der Waals surface area contributed by atoms with E-state index in [2.05, 4.69) is 25.5 Å². The summed E-state index contributed by atoms with van der Waals surface area (Å²) in [5, 5.41) is 11.1. The van der Waals surface area contributed by atoms with Gasteiger partial charge in [0, 0.05) is 47.0 Å². The third kappa shape index (κ3) is 4.50. The number of amides is 1. The van der Waals surface area contributed by atoms with E-state index in [-0.39, 0.29) is 5.91 Å². The van der Waals surface area contributed by atoms with E-state index < -0.39 is 0 Å². The van der Waals surface area contributed by atoms with Crippen molar-refractivity contribution in [2.75, 3.05) is 25.5 Å². The second-order valence-electron chi connectivity index (χ2n) is 8.26. The van der Waals surface area contributed by atoms with Gasteiger partial charge >= 0.3 is 0 Å². The molecule has 0 bridgehead atoms. The first kappa shape index (κ1) is 23.1. The Morgan fingerprint density at radius 3 is 2.47 bits per heavy atom. The number of H-pyrrole nitrogens is 2. The summed E-state index contributed by atoms with van der Waals surface area (Å²) in [4.78, 5) is 27.0. The van der Waals surface area contributed by atoms with Crippen molar-refractivity contribution in [3.8, 4) is 28.3 Å². The summed E-state index contributed by atoms with van der Waals surface area (Å²) >= 11 is 0. The van der Waals surface area contributed by atoms with E-state index in [1.165, 1.54) is 0 Å². The first-order valence-corrected chi connectivity index (χ1v) is 11.8. The summed E-state index contributed by atoms with van der Waals surface area (Å²) in [7, 11) is 1.59. The van der Waals surface area contributed by atoms with E-state index in [1.807, 2.05) is 68.6 Å². The highest BCUT2D eigenvalue weighted by molar-refractivity contribution is 5.98. The smallest absolute Gasteiger partial charge is 0.270 e. The van der Waals surface area contributed by atoms with E-state index in [1.54, 1.807) is 24.4 Å². The molecule has 3 heterocycles. The van der Waals surface area contributed by atoms with Crippen LogP contribution in [0.4, 0.5) is 11.5 Å². The van der Waals surface area contributed by atoms with Crippen LogP contribution in [-0.2, 0) is 0 Å². The van der Waals surface area contributed by atoms with Gasteiger partial charge < -0.3 is 19.9 Å². The molecule has 0 saturated carbocycles. The Kier molecular flexibility index (Phi) is 6.36. The molecular weight excluding hydrogens is 454 g/mol. The van der Waals surface area contributed by atoms with Crippen molar-refractivity contribution in [3.63, 3.8) is 0 Å². The molecule has 0 saturated heterocycles. The third-order valence-electron chi connectivity index (χ3n) is 6.12. The minimum atomic E-state index is -0.0104. The SMILES string of the molecule is CCN(CC)C(=O)c1cc2ccc(-c3ncc(OC)c(Nc4ccc(-c5cn[nH]c5)cc4)n3)cc2[nH]1. The van der Waals surface area contributed by atoms with Gasteiger partial charge in [0.1, 0.15) is 5.69 Å². The molecule has 0 unspecified atom stereocenters. The molecule has 0 spiro atoms. The number of benzene rings is 2. The monoisotopic (exact) mass is 481 g/mol. The predicted molar refractivity (Wildman–Crippen MR) is 140 cm³/mol. The van der Waals surface area contributed by atoms with Gasteiger partial charge in [-0.3, -0.25) is 9.89 Å². The van der Waals surface area contributed by atoms with Gasteiger partial charge in [0.2, 0.25) is 0 Å². The molecule has 1 amide bonds. The van der Waals surface area contributed by atoms with Crippen molar-refractivity contribution < 1.29 is 9.53 Å². The largest absolute Gasteiger partial charge is 0.491 e. The lowest BCUT2D eigenvalue weighted by molar-refractivity contribution is 0.0768. The van der Waals surface area contributed by atoms with E-state index in [0.717, 1.165) is 33.3 Å². The van der Waals surface area contributed by atoms with Crippen LogP contribution in [0.2, 0.25) is 0 Å². The Labute approximate surface area is 208 Å².